The Bertz CT molecular complexity index is 630. The van der Waals surface area contributed by atoms with Crippen molar-refractivity contribution in [1.29, 1.82) is 0 Å². The predicted octanol–water partition coefficient (Wildman–Crippen LogP) is 3.08. The molecule has 1 amide bonds. The van der Waals surface area contributed by atoms with Gasteiger partial charge in [0.2, 0.25) is 0 Å². The standard InChI is InChI=1S/C15H20N2O5S/c1-15(2,3)22-14(19)17-13-16-10(12(18)20-4)11(23-13)9-5-7-21-8-6-9/h5H,6-8H2,1-4H3,(H,16,17,19). The molecule has 1 N–H and O–H groups in total. The van der Waals surface area contributed by atoms with Crippen LogP contribution in [0.2, 0.25) is 0 Å². The average Bonchev–Trinajstić information content (AvgIpc) is 2.89. The number of hydrogen-bond donors (Lipinski definition) is 1. The van der Waals surface area contributed by atoms with Crippen molar-refractivity contribution in [2.45, 2.75) is 32.8 Å². The number of carbonyl (C=O) groups is 2. The van der Waals surface area contributed by atoms with Gasteiger partial charge in [0.05, 0.1) is 25.2 Å². The molecule has 0 radical (unpaired) electrons. The molecule has 0 saturated heterocycles. The van der Waals surface area contributed by atoms with Gasteiger partial charge in [-0.15, -0.1) is 0 Å². The maximum absolute atomic E-state index is 11.9. The number of ether oxygens (including phenoxy) is 3. The van der Waals surface area contributed by atoms with Crippen molar-refractivity contribution in [2.24, 2.45) is 0 Å². The zero-order chi connectivity index (χ0) is 17.0. The molecule has 0 fully saturated rings. The van der Waals surface area contributed by atoms with Crippen molar-refractivity contribution in [1.82, 2.24) is 4.98 Å². The number of carbonyl (C=O) groups excluding carboxylic acids is 2. The number of nitrogens with one attached hydrogen (secondary N) is 1. The molecule has 0 aromatic carbocycles. The quantitative estimate of drug-likeness (QED) is 0.851. The van der Waals surface area contributed by atoms with Gasteiger partial charge in [0.1, 0.15) is 5.60 Å². The minimum atomic E-state index is -0.616. The minimum Gasteiger partial charge on any atom is -0.464 e. The molecule has 2 heterocycles. The summed E-state index contributed by atoms with van der Waals surface area (Å²) in [6.07, 6.45) is 1.97. The molecule has 7 nitrogen and oxygen atoms in total. The molecule has 0 saturated carbocycles. The van der Waals surface area contributed by atoms with Crippen molar-refractivity contribution in [2.75, 3.05) is 25.6 Å². The highest BCUT2D eigenvalue weighted by molar-refractivity contribution is 7.17. The molecule has 23 heavy (non-hydrogen) atoms. The Morgan fingerprint density at radius 1 is 1.39 bits per heavy atom. The van der Waals surface area contributed by atoms with Gasteiger partial charge in [-0.3, -0.25) is 5.32 Å². The van der Waals surface area contributed by atoms with Gasteiger partial charge in [0.25, 0.3) is 0 Å². The van der Waals surface area contributed by atoms with Crippen LogP contribution in [0.5, 0.6) is 0 Å². The molecule has 0 unspecified atom stereocenters. The number of methoxy groups -OCH3 is 1. The van der Waals surface area contributed by atoms with Gasteiger partial charge >= 0.3 is 12.1 Å². The third-order valence-electron chi connectivity index (χ3n) is 2.87. The van der Waals surface area contributed by atoms with E-state index in [0.29, 0.717) is 29.6 Å². The summed E-state index contributed by atoms with van der Waals surface area (Å²) >= 11 is 1.22. The number of aromatic nitrogens is 1. The van der Waals surface area contributed by atoms with Crippen molar-refractivity contribution in [3.63, 3.8) is 0 Å². The van der Waals surface area contributed by atoms with Crippen LogP contribution >= 0.6 is 11.3 Å². The maximum atomic E-state index is 11.9. The fourth-order valence-electron chi connectivity index (χ4n) is 1.95. The Balaban J connectivity index is 2.25. The lowest BCUT2D eigenvalue weighted by Crippen LogP contribution is -2.27. The van der Waals surface area contributed by atoms with Crippen LogP contribution in [0.15, 0.2) is 6.08 Å². The number of thiazole rings is 1. The van der Waals surface area contributed by atoms with Crippen LogP contribution in [0, 0.1) is 0 Å². The Labute approximate surface area is 138 Å². The molecule has 1 aromatic rings. The molecule has 1 aliphatic rings. The van der Waals surface area contributed by atoms with Crippen LogP contribution in [-0.4, -0.2) is 43.0 Å². The van der Waals surface area contributed by atoms with Gasteiger partial charge < -0.3 is 14.2 Å². The summed E-state index contributed by atoms with van der Waals surface area (Å²) in [5.41, 5.74) is 0.543. The number of rotatable bonds is 3. The molecule has 0 aliphatic carbocycles. The van der Waals surface area contributed by atoms with Gasteiger partial charge in [0, 0.05) is 0 Å². The van der Waals surface area contributed by atoms with Crippen LogP contribution < -0.4 is 5.32 Å². The zero-order valence-corrected chi connectivity index (χ0v) is 14.4. The van der Waals surface area contributed by atoms with Crippen molar-refractivity contribution >= 4 is 34.1 Å². The topological polar surface area (TPSA) is 86.8 Å². The van der Waals surface area contributed by atoms with Crippen molar-refractivity contribution in [3.05, 3.63) is 16.6 Å². The minimum absolute atomic E-state index is 0.191. The predicted molar refractivity (Wildman–Crippen MR) is 86.7 cm³/mol. The van der Waals surface area contributed by atoms with Crippen molar-refractivity contribution in [3.8, 4) is 0 Å². The Hall–Kier alpha value is -1.93. The van der Waals surface area contributed by atoms with E-state index >= 15 is 0 Å². The van der Waals surface area contributed by atoms with E-state index in [1.165, 1.54) is 18.4 Å². The highest BCUT2D eigenvalue weighted by Crippen LogP contribution is 2.33. The number of esters is 1. The molecule has 2 rings (SSSR count). The molecule has 1 aliphatic heterocycles. The van der Waals surface area contributed by atoms with Crippen LogP contribution in [-0.2, 0) is 14.2 Å². The Morgan fingerprint density at radius 2 is 2.13 bits per heavy atom. The van der Waals surface area contributed by atoms with E-state index in [9.17, 15) is 9.59 Å². The van der Waals surface area contributed by atoms with Gasteiger partial charge in [-0.1, -0.05) is 17.4 Å². The van der Waals surface area contributed by atoms with Gasteiger partial charge in [-0.2, -0.15) is 0 Å². The first-order valence-corrected chi connectivity index (χ1v) is 7.98. The highest BCUT2D eigenvalue weighted by Gasteiger charge is 2.24. The van der Waals surface area contributed by atoms with Gasteiger partial charge in [0.15, 0.2) is 10.8 Å². The summed E-state index contributed by atoms with van der Waals surface area (Å²) in [6.45, 7) is 6.38. The number of amides is 1. The Morgan fingerprint density at radius 3 is 2.70 bits per heavy atom. The number of nitrogens with zero attached hydrogens (tertiary/aromatic N) is 1. The van der Waals surface area contributed by atoms with Gasteiger partial charge in [-0.25, -0.2) is 14.6 Å². The first-order valence-electron chi connectivity index (χ1n) is 7.16. The van der Waals surface area contributed by atoms with Crippen LogP contribution in [0.4, 0.5) is 9.93 Å². The zero-order valence-electron chi connectivity index (χ0n) is 13.6. The SMILES string of the molecule is COC(=O)c1nc(NC(=O)OC(C)(C)C)sc1C1=CCOCC1. The molecule has 0 atom stereocenters. The summed E-state index contributed by atoms with van der Waals surface area (Å²) in [5.74, 6) is -0.541. The second-order valence-corrected chi connectivity index (χ2v) is 6.87. The molecule has 8 heteroatoms. The third-order valence-corrected chi connectivity index (χ3v) is 3.92. The smallest absolute Gasteiger partial charge is 0.413 e. The van der Waals surface area contributed by atoms with Crippen LogP contribution in [0.1, 0.15) is 42.6 Å². The lowest BCUT2D eigenvalue weighted by atomic mass is 10.1. The third kappa shape index (κ3) is 4.77. The van der Waals surface area contributed by atoms with Gasteiger partial charge in [-0.05, 0) is 32.8 Å². The first-order chi connectivity index (χ1) is 10.8. The highest BCUT2D eigenvalue weighted by atomic mass is 32.1. The second-order valence-electron chi connectivity index (χ2n) is 5.87. The molecular weight excluding hydrogens is 320 g/mol. The van der Waals surface area contributed by atoms with E-state index in [1.54, 1.807) is 20.8 Å². The molecule has 0 spiro atoms. The maximum Gasteiger partial charge on any atom is 0.413 e. The van der Waals surface area contributed by atoms with Crippen LogP contribution in [0.3, 0.4) is 0 Å². The monoisotopic (exact) mass is 340 g/mol. The fourth-order valence-corrected chi connectivity index (χ4v) is 2.96. The lowest BCUT2D eigenvalue weighted by Gasteiger charge is -2.18. The van der Waals surface area contributed by atoms with E-state index in [-0.39, 0.29) is 5.69 Å². The van der Waals surface area contributed by atoms with Crippen molar-refractivity contribution < 1.29 is 23.8 Å². The van der Waals surface area contributed by atoms with E-state index in [1.807, 2.05) is 6.08 Å². The summed E-state index contributed by atoms with van der Waals surface area (Å²) in [5, 5.41) is 2.85. The van der Waals surface area contributed by atoms with E-state index in [0.717, 1.165) is 5.57 Å². The first kappa shape index (κ1) is 17.4. The van der Waals surface area contributed by atoms with E-state index < -0.39 is 17.7 Å². The summed E-state index contributed by atoms with van der Waals surface area (Å²) in [4.78, 5) is 28.6. The molecular formula is C15H20N2O5S. The average molecular weight is 340 g/mol. The summed E-state index contributed by atoms with van der Waals surface area (Å²) in [6, 6.07) is 0. The Kier molecular flexibility index (Phi) is 5.38. The molecule has 1 aromatic heterocycles. The summed E-state index contributed by atoms with van der Waals surface area (Å²) in [7, 11) is 1.30. The molecule has 126 valence electrons. The van der Waals surface area contributed by atoms with E-state index in [2.05, 4.69) is 10.3 Å². The largest absolute Gasteiger partial charge is 0.464 e. The number of hydrogen-bond acceptors (Lipinski definition) is 7. The van der Waals surface area contributed by atoms with E-state index in [4.69, 9.17) is 14.2 Å². The van der Waals surface area contributed by atoms with Crippen LogP contribution in [0.25, 0.3) is 5.57 Å². The lowest BCUT2D eigenvalue weighted by molar-refractivity contribution is 0.0590. The fraction of sp³-hybridized carbons (Fsp3) is 0.533. The number of anilines is 1. The summed E-state index contributed by atoms with van der Waals surface area (Å²) < 4.78 is 15.2. The second kappa shape index (κ2) is 7.10. The normalized spacial score (nSPS) is 14.9. The molecule has 0 bridgehead atoms.